The van der Waals surface area contributed by atoms with E-state index in [4.69, 9.17) is 15.2 Å². The Bertz CT molecular complexity index is 514. The lowest BCUT2D eigenvalue weighted by atomic mass is 9.63. The lowest BCUT2D eigenvalue weighted by Gasteiger charge is -2.50. The number of rotatable bonds is 4. The lowest BCUT2D eigenvalue weighted by Crippen LogP contribution is -2.64. The van der Waals surface area contributed by atoms with Gasteiger partial charge in [0.2, 0.25) is 0 Å². The van der Waals surface area contributed by atoms with Crippen LogP contribution < -0.4 is 20.5 Å². The average molecular weight is 278 g/mol. The van der Waals surface area contributed by atoms with E-state index in [9.17, 15) is 4.79 Å². The Kier molecular flexibility index (Phi) is 3.90. The van der Waals surface area contributed by atoms with Crippen LogP contribution in [-0.2, 0) is 0 Å². The summed E-state index contributed by atoms with van der Waals surface area (Å²) < 4.78 is 10.4. The van der Waals surface area contributed by atoms with Crippen LogP contribution in [0.1, 0.15) is 30.6 Å². The quantitative estimate of drug-likeness (QED) is 0.876. The maximum atomic E-state index is 12.3. The molecule has 1 aromatic carbocycles. The number of methoxy groups -OCH3 is 2. The molecule has 0 aromatic heterocycles. The topological polar surface area (TPSA) is 73.6 Å². The molecule has 1 amide bonds. The maximum Gasteiger partial charge on any atom is 0.251 e. The summed E-state index contributed by atoms with van der Waals surface area (Å²) in [7, 11) is 3.11. The normalized spacial score (nSPS) is 23.6. The van der Waals surface area contributed by atoms with Gasteiger partial charge >= 0.3 is 0 Å². The third-order valence-electron chi connectivity index (χ3n) is 4.29. The molecule has 5 nitrogen and oxygen atoms in total. The molecular weight excluding hydrogens is 256 g/mol. The zero-order chi connectivity index (χ0) is 14.9. The van der Waals surface area contributed by atoms with E-state index >= 15 is 0 Å². The highest BCUT2D eigenvalue weighted by atomic mass is 16.5. The van der Waals surface area contributed by atoms with Gasteiger partial charge in [-0.25, -0.2) is 0 Å². The van der Waals surface area contributed by atoms with Crippen LogP contribution in [0.3, 0.4) is 0 Å². The van der Waals surface area contributed by atoms with Gasteiger partial charge in [0, 0.05) is 23.1 Å². The summed E-state index contributed by atoms with van der Waals surface area (Å²) in [5.41, 5.74) is 6.45. The molecule has 3 N–H and O–H groups in total. The van der Waals surface area contributed by atoms with Gasteiger partial charge in [0.15, 0.2) is 11.5 Å². The summed E-state index contributed by atoms with van der Waals surface area (Å²) in [6.07, 6.45) is 0.812. The van der Waals surface area contributed by atoms with Crippen molar-refractivity contribution in [3.63, 3.8) is 0 Å². The summed E-state index contributed by atoms with van der Waals surface area (Å²) >= 11 is 0. The zero-order valence-corrected chi connectivity index (χ0v) is 12.4. The molecule has 2 atom stereocenters. The minimum absolute atomic E-state index is 0.0633. The standard InChI is InChI=1S/C15H22N2O3/c1-15(2)12(16)8-13(15)17-14(18)9-5-6-10(19-3)11(7-9)20-4/h5-7,12-13H,8,16H2,1-4H3,(H,17,18). The van der Waals surface area contributed by atoms with E-state index in [2.05, 4.69) is 19.2 Å². The van der Waals surface area contributed by atoms with Crippen molar-refractivity contribution in [3.05, 3.63) is 23.8 Å². The Balaban J connectivity index is 2.10. The van der Waals surface area contributed by atoms with Gasteiger partial charge in [-0.15, -0.1) is 0 Å². The summed E-state index contributed by atoms with van der Waals surface area (Å²) in [6, 6.07) is 5.38. The highest BCUT2D eigenvalue weighted by molar-refractivity contribution is 5.95. The summed E-state index contributed by atoms with van der Waals surface area (Å²) in [5.74, 6) is 1.04. The van der Waals surface area contributed by atoms with Gasteiger partial charge in [-0.1, -0.05) is 13.8 Å². The molecule has 110 valence electrons. The van der Waals surface area contributed by atoms with Crippen LogP contribution >= 0.6 is 0 Å². The molecule has 1 aliphatic rings. The molecule has 0 aliphatic heterocycles. The van der Waals surface area contributed by atoms with Crippen LogP contribution in [0.4, 0.5) is 0 Å². The molecule has 1 fully saturated rings. The smallest absolute Gasteiger partial charge is 0.251 e. The first-order valence-corrected chi connectivity index (χ1v) is 6.68. The maximum absolute atomic E-state index is 12.3. The van der Waals surface area contributed by atoms with Crippen molar-refractivity contribution in [2.24, 2.45) is 11.1 Å². The molecule has 0 saturated heterocycles. The first-order valence-electron chi connectivity index (χ1n) is 6.68. The number of carbonyl (C=O) groups is 1. The molecule has 1 aromatic rings. The van der Waals surface area contributed by atoms with E-state index < -0.39 is 0 Å². The van der Waals surface area contributed by atoms with Crippen LogP contribution in [0.2, 0.25) is 0 Å². The molecular formula is C15H22N2O3. The Morgan fingerprint density at radius 2 is 1.95 bits per heavy atom. The second-order valence-corrected chi connectivity index (χ2v) is 5.76. The van der Waals surface area contributed by atoms with Crippen LogP contribution in [-0.4, -0.2) is 32.2 Å². The van der Waals surface area contributed by atoms with Crippen LogP contribution in [0.15, 0.2) is 18.2 Å². The number of hydrogen-bond donors (Lipinski definition) is 2. The predicted octanol–water partition coefficient (Wildman–Crippen LogP) is 1.56. The predicted molar refractivity (Wildman–Crippen MR) is 77.2 cm³/mol. The van der Waals surface area contributed by atoms with Crippen molar-refractivity contribution in [3.8, 4) is 11.5 Å². The summed E-state index contributed by atoms with van der Waals surface area (Å²) in [4.78, 5) is 12.3. The summed E-state index contributed by atoms with van der Waals surface area (Å²) in [5, 5.41) is 3.03. The van der Waals surface area contributed by atoms with Gasteiger partial charge in [0.25, 0.3) is 5.91 Å². The van der Waals surface area contributed by atoms with E-state index in [-0.39, 0.29) is 23.4 Å². The molecule has 0 bridgehead atoms. The van der Waals surface area contributed by atoms with Gasteiger partial charge in [-0.3, -0.25) is 4.79 Å². The third-order valence-corrected chi connectivity index (χ3v) is 4.29. The molecule has 2 unspecified atom stereocenters. The van der Waals surface area contributed by atoms with Crippen molar-refractivity contribution in [2.75, 3.05) is 14.2 Å². The van der Waals surface area contributed by atoms with Crippen molar-refractivity contribution < 1.29 is 14.3 Å². The fourth-order valence-electron chi connectivity index (χ4n) is 2.42. The number of nitrogens with one attached hydrogen (secondary N) is 1. The fourth-order valence-corrected chi connectivity index (χ4v) is 2.42. The number of hydrogen-bond acceptors (Lipinski definition) is 4. The van der Waals surface area contributed by atoms with Gasteiger partial charge < -0.3 is 20.5 Å². The first-order chi connectivity index (χ1) is 9.40. The Hall–Kier alpha value is -1.75. The lowest BCUT2D eigenvalue weighted by molar-refractivity contribution is 0.0586. The molecule has 0 spiro atoms. The average Bonchev–Trinajstić information content (AvgIpc) is 2.45. The minimum atomic E-state index is -0.115. The SMILES string of the molecule is COc1ccc(C(=O)NC2CC(N)C2(C)C)cc1OC. The van der Waals surface area contributed by atoms with Crippen molar-refractivity contribution in [1.82, 2.24) is 5.32 Å². The largest absolute Gasteiger partial charge is 0.493 e. The molecule has 0 heterocycles. The molecule has 1 saturated carbocycles. The Morgan fingerprint density at radius 1 is 1.30 bits per heavy atom. The Morgan fingerprint density at radius 3 is 2.45 bits per heavy atom. The van der Waals surface area contributed by atoms with Gasteiger partial charge in [-0.05, 0) is 24.6 Å². The highest BCUT2D eigenvalue weighted by Crippen LogP contribution is 2.39. The second-order valence-electron chi connectivity index (χ2n) is 5.76. The number of nitrogens with two attached hydrogens (primary N) is 1. The molecule has 5 heteroatoms. The second kappa shape index (κ2) is 5.32. The minimum Gasteiger partial charge on any atom is -0.493 e. The van der Waals surface area contributed by atoms with E-state index in [0.29, 0.717) is 17.1 Å². The van der Waals surface area contributed by atoms with Gasteiger partial charge in [0.1, 0.15) is 0 Å². The highest BCUT2D eigenvalue weighted by Gasteiger charge is 2.46. The fraction of sp³-hybridized carbons (Fsp3) is 0.533. The summed E-state index contributed by atoms with van der Waals surface area (Å²) in [6.45, 7) is 4.14. The van der Waals surface area contributed by atoms with Crippen molar-refractivity contribution >= 4 is 5.91 Å². The Labute approximate surface area is 119 Å². The van der Waals surface area contributed by atoms with Crippen LogP contribution in [0.5, 0.6) is 11.5 Å². The van der Waals surface area contributed by atoms with E-state index in [1.54, 1.807) is 32.4 Å². The molecule has 0 radical (unpaired) electrons. The number of benzene rings is 1. The van der Waals surface area contributed by atoms with Crippen molar-refractivity contribution in [1.29, 1.82) is 0 Å². The van der Waals surface area contributed by atoms with Gasteiger partial charge in [0.05, 0.1) is 14.2 Å². The van der Waals surface area contributed by atoms with Crippen molar-refractivity contribution in [2.45, 2.75) is 32.4 Å². The number of carbonyl (C=O) groups excluding carboxylic acids is 1. The molecule has 1 aliphatic carbocycles. The zero-order valence-electron chi connectivity index (χ0n) is 12.4. The van der Waals surface area contributed by atoms with E-state index in [1.807, 2.05) is 0 Å². The number of amides is 1. The monoisotopic (exact) mass is 278 g/mol. The van der Waals surface area contributed by atoms with Gasteiger partial charge in [-0.2, -0.15) is 0 Å². The van der Waals surface area contributed by atoms with Crippen LogP contribution in [0, 0.1) is 5.41 Å². The molecule has 20 heavy (non-hydrogen) atoms. The van der Waals surface area contributed by atoms with E-state index in [0.717, 1.165) is 6.42 Å². The number of ether oxygens (including phenoxy) is 2. The van der Waals surface area contributed by atoms with Crippen LogP contribution in [0.25, 0.3) is 0 Å². The third kappa shape index (κ3) is 2.45. The molecule has 2 rings (SSSR count). The first kappa shape index (κ1) is 14.7. The van der Waals surface area contributed by atoms with E-state index in [1.165, 1.54) is 0 Å².